The molecule has 0 aliphatic heterocycles. The van der Waals surface area contributed by atoms with Gasteiger partial charge in [0.05, 0.1) is 0 Å². The number of hydrogen-bond donors (Lipinski definition) is 1. The largest absolute Gasteiger partial charge is 0.415 e. The quantitative estimate of drug-likeness (QED) is 0.542. The highest BCUT2D eigenvalue weighted by atomic mass is 35.5. The van der Waals surface area contributed by atoms with Crippen LogP contribution in [0.1, 0.15) is 0 Å². The Morgan fingerprint density at radius 2 is 1.91 bits per heavy atom. The lowest BCUT2D eigenvalue weighted by molar-refractivity contribution is 0.225. The first kappa shape index (κ1) is 8.43. The molecule has 0 atom stereocenters. The van der Waals surface area contributed by atoms with Crippen molar-refractivity contribution in [1.82, 2.24) is 0 Å². The molecule has 0 amide bonds. The number of rotatable bonds is 1. The van der Waals surface area contributed by atoms with Crippen molar-refractivity contribution < 1.29 is 9.53 Å². The molecule has 0 radical (unpaired) electrons. The van der Waals surface area contributed by atoms with Crippen molar-refractivity contribution in [1.29, 1.82) is 0 Å². The fourth-order valence-corrected chi connectivity index (χ4v) is 0.845. The zero-order valence-electron chi connectivity index (χ0n) is 5.45. The molecule has 1 aromatic carbocycles. The van der Waals surface area contributed by atoms with E-state index in [9.17, 15) is 4.79 Å². The predicted octanol–water partition coefficient (Wildman–Crippen LogP) is 2.71. The number of carbonyl (C=O) groups is 1. The average Bonchev–Trinajstić information content (AvgIpc) is 1.93. The van der Waals surface area contributed by atoms with Gasteiger partial charge in [0.15, 0.2) is 0 Å². The molecule has 0 aromatic heterocycles. The van der Waals surface area contributed by atoms with E-state index in [1.165, 1.54) is 0 Å². The van der Waals surface area contributed by atoms with E-state index in [4.69, 9.17) is 11.6 Å². The number of carbonyl (C=O) groups excluding carboxylic acids is 1. The molecule has 4 heteroatoms. The van der Waals surface area contributed by atoms with Crippen LogP contribution in [0.5, 0.6) is 5.75 Å². The number of halogens is 1. The molecule has 0 fully saturated rings. The first-order valence-corrected chi connectivity index (χ1v) is 3.67. The molecule has 0 saturated carbocycles. The molecule has 0 aliphatic carbocycles. The van der Waals surface area contributed by atoms with Crippen molar-refractivity contribution in [3.8, 4) is 5.75 Å². The van der Waals surface area contributed by atoms with Crippen LogP contribution in [0.25, 0.3) is 0 Å². The third-order valence-electron chi connectivity index (χ3n) is 1.03. The van der Waals surface area contributed by atoms with Crippen LogP contribution in [0.2, 0.25) is 0 Å². The van der Waals surface area contributed by atoms with Gasteiger partial charge in [-0.2, -0.15) is 0 Å². The average molecular weight is 189 g/mol. The Morgan fingerprint density at radius 3 is 2.36 bits per heavy atom. The normalized spacial score (nSPS) is 9.27. The molecule has 0 bridgehead atoms. The van der Waals surface area contributed by atoms with Gasteiger partial charge in [-0.05, 0) is 24.3 Å². The minimum absolute atomic E-state index is 0.419. The predicted molar refractivity (Wildman–Crippen MR) is 45.6 cm³/mol. The smallest absolute Gasteiger partial charge is 0.409 e. The highest BCUT2D eigenvalue weighted by molar-refractivity contribution is 7.80. The van der Waals surface area contributed by atoms with Crippen LogP contribution in [0.3, 0.4) is 0 Å². The molecule has 11 heavy (non-hydrogen) atoms. The summed E-state index contributed by atoms with van der Waals surface area (Å²) in [6.45, 7) is 0. The lowest BCUT2D eigenvalue weighted by Crippen LogP contribution is -1.94. The van der Waals surface area contributed by atoms with Gasteiger partial charge in [-0.15, -0.1) is 12.6 Å². The maximum absolute atomic E-state index is 10.2. The van der Waals surface area contributed by atoms with Crippen LogP contribution >= 0.6 is 24.2 Å². The highest BCUT2D eigenvalue weighted by Gasteiger charge is 1.97. The fourth-order valence-electron chi connectivity index (χ4n) is 0.607. The summed E-state index contributed by atoms with van der Waals surface area (Å²) < 4.78 is 4.56. The molecule has 58 valence electrons. The molecule has 1 aromatic rings. The van der Waals surface area contributed by atoms with Crippen LogP contribution in [0, 0.1) is 0 Å². The second-order valence-corrected chi connectivity index (χ2v) is 2.66. The minimum atomic E-state index is -0.836. The lowest BCUT2D eigenvalue weighted by Gasteiger charge is -1.97. The maximum atomic E-state index is 10.2. The van der Waals surface area contributed by atoms with Crippen molar-refractivity contribution in [3.63, 3.8) is 0 Å². The summed E-state index contributed by atoms with van der Waals surface area (Å²) in [6, 6.07) is 6.64. The summed E-state index contributed by atoms with van der Waals surface area (Å²) >= 11 is 9.02. The highest BCUT2D eigenvalue weighted by Crippen LogP contribution is 2.14. The number of benzene rings is 1. The van der Waals surface area contributed by atoms with E-state index in [-0.39, 0.29) is 0 Å². The molecule has 0 aliphatic rings. The third kappa shape index (κ3) is 2.82. The van der Waals surface area contributed by atoms with Crippen molar-refractivity contribution in [2.45, 2.75) is 4.90 Å². The van der Waals surface area contributed by atoms with E-state index in [0.717, 1.165) is 4.90 Å². The Kier molecular flexibility index (Phi) is 2.79. The van der Waals surface area contributed by atoms with Crippen LogP contribution < -0.4 is 4.74 Å². The van der Waals surface area contributed by atoms with Gasteiger partial charge in [-0.3, -0.25) is 0 Å². The van der Waals surface area contributed by atoms with Gasteiger partial charge in [0.2, 0.25) is 0 Å². The van der Waals surface area contributed by atoms with E-state index in [1.807, 2.05) is 0 Å². The van der Waals surface area contributed by atoms with E-state index in [0.29, 0.717) is 5.75 Å². The van der Waals surface area contributed by atoms with Crippen molar-refractivity contribution in [3.05, 3.63) is 24.3 Å². The van der Waals surface area contributed by atoms with Gasteiger partial charge < -0.3 is 4.74 Å². The Balaban J connectivity index is 2.74. The Morgan fingerprint density at radius 1 is 1.36 bits per heavy atom. The van der Waals surface area contributed by atoms with Crippen LogP contribution in [-0.2, 0) is 0 Å². The summed E-state index contributed by atoms with van der Waals surface area (Å²) in [4.78, 5) is 11.0. The number of hydrogen-bond acceptors (Lipinski definition) is 3. The molecule has 0 unspecified atom stereocenters. The SMILES string of the molecule is O=C(Cl)Oc1ccc(S)cc1. The van der Waals surface area contributed by atoms with Gasteiger partial charge in [-0.25, -0.2) is 4.79 Å². The van der Waals surface area contributed by atoms with Crippen molar-refractivity contribution in [2.24, 2.45) is 0 Å². The topological polar surface area (TPSA) is 26.3 Å². The lowest BCUT2D eigenvalue weighted by atomic mass is 10.3. The minimum Gasteiger partial charge on any atom is -0.415 e. The molecule has 2 nitrogen and oxygen atoms in total. The second-order valence-electron chi connectivity index (χ2n) is 1.83. The molecular weight excluding hydrogens is 184 g/mol. The molecule has 0 spiro atoms. The molecule has 1 rings (SSSR count). The molecule has 0 heterocycles. The van der Waals surface area contributed by atoms with Gasteiger partial charge in [-0.1, -0.05) is 0 Å². The zero-order valence-corrected chi connectivity index (χ0v) is 7.10. The number of ether oxygens (including phenoxy) is 1. The summed E-state index contributed by atoms with van der Waals surface area (Å²) in [5.74, 6) is 0.419. The maximum Gasteiger partial charge on any atom is 0.409 e. The van der Waals surface area contributed by atoms with Gasteiger partial charge in [0.25, 0.3) is 0 Å². The summed E-state index contributed by atoms with van der Waals surface area (Å²) in [5.41, 5.74) is -0.836. The van der Waals surface area contributed by atoms with Gasteiger partial charge in [0.1, 0.15) is 5.75 Å². The Bertz CT molecular complexity index is 258. The first-order chi connectivity index (χ1) is 5.18. The number of thiol groups is 1. The Hall–Kier alpha value is -0.670. The van der Waals surface area contributed by atoms with E-state index < -0.39 is 5.43 Å². The summed E-state index contributed by atoms with van der Waals surface area (Å²) in [7, 11) is 0. The van der Waals surface area contributed by atoms with Crippen molar-refractivity contribution >= 4 is 29.7 Å². The second kappa shape index (κ2) is 3.64. The zero-order chi connectivity index (χ0) is 8.27. The van der Waals surface area contributed by atoms with E-state index in [2.05, 4.69) is 17.4 Å². The first-order valence-electron chi connectivity index (χ1n) is 2.85. The van der Waals surface area contributed by atoms with E-state index >= 15 is 0 Å². The van der Waals surface area contributed by atoms with Crippen LogP contribution in [0.15, 0.2) is 29.2 Å². The van der Waals surface area contributed by atoms with Crippen LogP contribution in [-0.4, -0.2) is 5.43 Å². The molecular formula is C7H5ClO2S. The summed E-state index contributed by atoms with van der Waals surface area (Å²) in [6.07, 6.45) is 0. The standard InChI is InChI=1S/C7H5ClO2S/c8-7(9)10-5-1-3-6(11)4-2-5/h1-4,11H. The Labute approximate surface area is 74.5 Å². The fraction of sp³-hybridized carbons (Fsp3) is 0. The third-order valence-corrected chi connectivity index (χ3v) is 1.41. The summed E-state index contributed by atoms with van der Waals surface area (Å²) in [5, 5.41) is 0. The van der Waals surface area contributed by atoms with Gasteiger partial charge >= 0.3 is 5.43 Å². The molecule has 0 saturated heterocycles. The van der Waals surface area contributed by atoms with Crippen LogP contribution in [0.4, 0.5) is 4.79 Å². The van der Waals surface area contributed by atoms with Crippen molar-refractivity contribution in [2.75, 3.05) is 0 Å². The monoisotopic (exact) mass is 188 g/mol. The van der Waals surface area contributed by atoms with E-state index in [1.54, 1.807) is 24.3 Å². The molecule has 0 N–H and O–H groups in total. The van der Waals surface area contributed by atoms with Gasteiger partial charge in [0, 0.05) is 16.5 Å².